The van der Waals surface area contributed by atoms with Crippen LogP contribution in [0.15, 0.2) is 6.33 Å². The van der Waals surface area contributed by atoms with E-state index in [4.69, 9.17) is 0 Å². The number of H-pyrrole nitrogens is 1. The van der Waals surface area contributed by atoms with Crippen LogP contribution >= 0.6 is 0 Å². The molecule has 1 saturated carbocycles. The summed E-state index contributed by atoms with van der Waals surface area (Å²) in [7, 11) is 4.19. The van der Waals surface area contributed by atoms with Gasteiger partial charge in [-0.25, -0.2) is 4.98 Å². The van der Waals surface area contributed by atoms with E-state index in [1.807, 2.05) is 0 Å². The molecular formula is C14H23N5O. The van der Waals surface area contributed by atoms with Gasteiger partial charge in [0.15, 0.2) is 0 Å². The highest BCUT2D eigenvalue weighted by atomic mass is 16.2. The summed E-state index contributed by atoms with van der Waals surface area (Å²) in [5.41, 5.74) is 2.27. The fraction of sp³-hybridized carbons (Fsp3) is 0.714. The lowest BCUT2D eigenvalue weighted by Crippen LogP contribution is -2.59. The van der Waals surface area contributed by atoms with Crippen LogP contribution in [0, 0.1) is 0 Å². The van der Waals surface area contributed by atoms with Crippen LogP contribution in [0.1, 0.15) is 30.7 Å². The number of aromatic amines is 1. The SMILES string of the molecule is CN(C)C1(CNC(=O)C2Cc3nc[nH]c3CN2)CCC1. The van der Waals surface area contributed by atoms with E-state index in [2.05, 4.69) is 39.6 Å². The van der Waals surface area contributed by atoms with E-state index in [1.54, 1.807) is 6.33 Å². The maximum atomic E-state index is 12.3. The minimum atomic E-state index is -0.162. The van der Waals surface area contributed by atoms with E-state index in [1.165, 1.54) is 19.3 Å². The van der Waals surface area contributed by atoms with E-state index in [0.29, 0.717) is 13.0 Å². The number of aromatic nitrogens is 2. The number of hydrogen-bond donors (Lipinski definition) is 3. The summed E-state index contributed by atoms with van der Waals surface area (Å²) < 4.78 is 0. The van der Waals surface area contributed by atoms with Crippen LogP contribution < -0.4 is 10.6 Å². The molecule has 1 atom stereocenters. The highest BCUT2D eigenvalue weighted by Crippen LogP contribution is 2.35. The van der Waals surface area contributed by atoms with Gasteiger partial charge in [-0.1, -0.05) is 0 Å². The first kappa shape index (κ1) is 13.6. The number of rotatable bonds is 4. The molecule has 20 heavy (non-hydrogen) atoms. The van der Waals surface area contributed by atoms with Gasteiger partial charge >= 0.3 is 0 Å². The first-order chi connectivity index (χ1) is 9.61. The highest BCUT2D eigenvalue weighted by Gasteiger charge is 2.39. The average Bonchev–Trinajstić information content (AvgIpc) is 2.83. The predicted octanol–water partition coefficient (Wildman–Crippen LogP) is 0.0245. The van der Waals surface area contributed by atoms with Crippen LogP contribution in [0.25, 0.3) is 0 Å². The topological polar surface area (TPSA) is 73.0 Å². The van der Waals surface area contributed by atoms with Crippen molar-refractivity contribution in [2.45, 2.75) is 43.8 Å². The summed E-state index contributed by atoms with van der Waals surface area (Å²) in [6.07, 6.45) is 5.96. The molecule has 1 fully saturated rings. The first-order valence-electron chi connectivity index (χ1n) is 7.30. The zero-order valence-corrected chi connectivity index (χ0v) is 12.2. The minimum Gasteiger partial charge on any atom is -0.353 e. The molecule has 3 rings (SSSR count). The Hall–Kier alpha value is -1.40. The molecule has 0 spiro atoms. The first-order valence-corrected chi connectivity index (χ1v) is 7.30. The molecular weight excluding hydrogens is 254 g/mol. The Morgan fingerprint density at radius 1 is 1.55 bits per heavy atom. The molecule has 2 heterocycles. The minimum absolute atomic E-state index is 0.0896. The molecule has 1 amide bonds. The van der Waals surface area contributed by atoms with Gasteiger partial charge in [-0.05, 0) is 33.4 Å². The second-order valence-corrected chi connectivity index (χ2v) is 6.16. The molecule has 0 saturated heterocycles. The number of carbonyl (C=O) groups is 1. The van der Waals surface area contributed by atoms with Crippen LogP contribution in [-0.2, 0) is 17.8 Å². The zero-order chi connectivity index (χ0) is 14.2. The van der Waals surface area contributed by atoms with Crippen molar-refractivity contribution in [1.29, 1.82) is 0 Å². The van der Waals surface area contributed by atoms with E-state index in [9.17, 15) is 4.79 Å². The third-order valence-electron chi connectivity index (χ3n) is 4.87. The van der Waals surface area contributed by atoms with Crippen molar-refractivity contribution in [2.24, 2.45) is 0 Å². The van der Waals surface area contributed by atoms with Crippen molar-refractivity contribution in [3.05, 3.63) is 17.7 Å². The van der Waals surface area contributed by atoms with Crippen molar-refractivity contribution >= 4 is 5.91 Å². The molecule has 1 unspecified atom stereocenters. The van der Waals surface area contributed by atoms with Gasteiger partial charge < -0.3 is 15.2 Å². The fourth-order valence-electron chi connectivity index (χ4n) is 3.10. The summed E-state index contributed by atoms with van der Waals surface area (Å²) in [4.78, 5) is 21.9. The van der Waals surface area contributed by atoms with Gasteiger partial charge in [-0.2, -0.15) is 0 Å². The fourth-order valence-corrected chi connectivity index (χ4v) is 3.10. The predicted molar refractivity (Wildman–Crippen MR) is 76.2 cm³/mol. The molecule has 1 aliphatic heterocycles. The van der Waals surface area contributed by atoms with Gasteiger partial charge in [0, 0.05) is 25.0 Å². The maximum Gasteiger partial charge on any atom is 0.237 e. The Morgan fingerprint density at radius 2 is 2.35 bits per heavy atom. The summed E-state index contributed by atoms with van der Waals surface area (Å²) in [6, 6.07) is -0.162. The number of amides is 1. The van der Waals surface area contributed by atoms with Crippen LogP contribution in [0.5, 0.6) is 0 Å². The normalized spacial score (nSPS) is 24.1. The average molecular weight is 277 g/mol. The van der Waals surface area contributed by atoms with Gasteiger partial charge in [-0.15, -0.1) is 0 Å². The van der Waals surface area contributed by atoms with E-state index in [-0.39, 0.29) is 17.5 Å². The maximum absolute atomic E-state index is 12.3. The Kier molecular flexibility index (Phi) is 3.52. The monoisotopic (exact) mass is 277 g/mol. The molecule has 1 aromatic heterocycles. The third kappa shape index (κ3) is 2.33. The van der Waals surface area contributed by atoms with Gasteiger partial charge in [0.1, 0.15) is 0 Å². The molecule has 0 aromatic carbocycles. The van der Waals surface area contributed by atoms with Crippen molar-refractivity contribution in [3.63, 3.8) is 0 Å². The van der Waals surface area contributed by atoms with Crippen molar-refractivity contribution < 1.29 is 4.79 Å². The van der Waals surface area contributed by atoms with Crippen molar-refractivity contribution in [3.8, 4) is 0 Å². The van der Waals surface area contributed by atoms with Crippen molar-refractivity contribution in [1.82, 2.24) is 25.5 Å². The summed E-state index contributed by atoms with van der Waals surface area (Å²) in [6.45, 7) is 1.43. The second-order valence-electron chi connectivity index (χ2n) is 6.16. The molecule has 3 N–H and O–H groups in total. The van der Waals surface area contributed by atoms with Crippen LogP contribution in [0.3, 0.4) is 0 Å². The lowest BCUT2D eigenvalue weighted by Gasteiger charge is -2.47. The summed E-state index contributed by atoms with van der Waals surface area (Å²) in [5.74, 6) is 0.0896. The number of hydrogen-bond acceptors (Lipinski definition) is 4. The lowest BCUT2D eigenvalue weighted by molar-refractivity contribution is -0.124. The Labute approximate surface area is 119 Å². The van der Waals surface area contributed by atoms with Crippen molar-refractivity contribution in [2.75, 3.05) is 20.6 Å². The van der Waals surface area contributed by atoms with Crippen LogP contribution in [0.4, 0.5) is 0 Å². The molecule has 1 aromatic rings. The summed E-state index contributed by atoms with van der Waals surface area (Å²) in [5, 5.41) is 6.38. The summed E-state index contributed by atoms with van der Waals surface area (Å²) >= 11 is 0. The van der Waals surface area contributed by atoms with E-state index in [0.717, 1.165) is 17.9 Å². The third-order valence-corrected chi connectivity index (χ3v) is 4.87. The van der Waals surface area contributed by atoms with Gasteiger partial charge in [0.05, 0.1) is 23.8 Å². The quantitative estimate of drug-likeness (QED) is 0.726. The number of fused-ring (bicyclic) bond motifs is 1. The van der Waals surface area contributed by atoms with E-state index < -0.39 is 0 Å². The number of imidazole rings is 1. The number of carbonyl (C=O) groups excluding carboxylic acids is 1. The molecule has 0 bridgehead atoms. The van der Waals surface area contributed by atoms with Crippen LogP contribution in [0.2, 0.25) is 0 Å². The molecule has 6 heteroatoms. The molecule has 1 aliphatic carbocycles. The Balaban J connectivity index is 1.55. The molecule has 110 valence electrons. The molecule has 2 aliphatic rings. The Morgan fingerprint density at radius 3 is 3.00 bits per heavy atom. The smallest absolute Gasteiger partial charge is 0.237 e. The van der Waals surface area contributed by atoms with Gasteiger partial charge in [0.25, 0.3) is 0 Å². The van der Waals surface area contributed by atoms with E-state index >= 15 is 0 Å². The largest absolute Gasteiger partial charge is 0.353 e. The standard InChI is InChI=1S/C14H23N5O/c1-19(2)14(4-3-5-14)8-16-13(20)11-6-10-12(7-15-11)18-9-17-10/h9,11,15H,3-8H2,1-2H3,(H,16,20)(H,17,18). The second kappa shape index (κ2) is 5.18. The highest BCUT2D eigenvalue weighted by molar-refractivity contribution is 5.82. The van der Waals surface area contributed by atoms with Gasteiger partial charge in [-0.3, -0.25) is 10.1 Å². The number of likely N-dealkylation sites (N-methyl/N-ethyl adjacent to an activating group) is 1. The Bertz CT molecular complexity index is 492. The zero-order valence-electron chi connectivity index (χ0n) is 12.2. The van der Waals surface area contributed by atoms with Crippen LogP contribution in [-0.4, -0.2) is 53.0 Å². The lowest BCUT2D eigenvalue weighted by atomic mass is 9.75. The molecule has 6 nitrogen and oxygen atoms in total. The van der Waals surface area contributed by atoms with Gasteiger partial charge in [0.2, 0.25) is 5.91 Å². The number of nitrogens with one attached hydrogen (secondary N) is 3. The number of nitrogens with zero attached hydrogens (tertiary/aromatic N) is 2. The molecule has 0 radical (unpaired) electrons.